The molecule has 0 radical (unpaired) electrons. The van der Waals surface area contributed by atoms with E-state index in [0.717, 1.165) is 12.1 Å². The van der Waals surface area contributed by atoms with E-state index in [4.69, 9.17) is 17.3 Å². The molecule has 78 valence electrons. The summed E-state index contributed by atoms with van der Waals surface area (Å²) in [6.45, 7) is 4.32. The van der Waals surface area contributed by atoms with Crippen molar-refractivity contribution in [2.45, 2.75) is 32.7 Å². The second kappa shape index (κ2) is 5.11. The number of halogens is 1. The van der Waals surface area contributed by atoms with Crippen LogP contribution in [0.4, 0.5) is 11.4 Å². The van der Waals surface area contributed by atoms with Crippen LogP contribution in [0.3, 0.4) is 0 Å². The van der Waals surface area contributed by atoms with Crippen molar-refractivity contribution in [2.24, 2.45) is 0 Å². The highest BCUT2D eigenvalue weighted by molar-refractivity contribution is 6.33. The lowest BCUT2D eigenvalue weighted by Gasteiger charge is -2.15. The van der Waals surface area contributed by atoms with Crippen LogP contribution in [0.5, 0.6) is 0 Å². The van der Waals surface area contributed by atoms with Gasteiger partial charge in [-0.1, -0.05) is 24.9 Å². The van der Waals surface area contributed by atoms with Gasteiger partial charge in [0.1, 0.15) is 0 Å². The van der Waals surface area contributed by atoms with Gasteiger partial charge in [0, 0.05) is 11.7 Å². The van der Waals surface area contributed by atoms with Crippen LogP contribution >= 0.6 is 11.6 Å². The van der Waals surface area contributed by atoms with E-state index >= 15 is 0 Å². The van der Waals surface area contributed by atoms with Crippen LogP contribution < -0.4 is 11.1 Å². The molecule has 0 saturated heterocycles. The SMILES string of the molecule is CCCC(C)Nc1ccc(N)cc1Cl. The van der Waals surface area contributed by atoms with E-state index in [1.54, 1.807) is 6.07 Å². The summed E-state index contributed by atoms with van der Waals surface area (Å²) in [5.41, 5.74) is 7.26. The number of anilines is 2. The van der Waals surface area contributed by atoms with Gasteiger partial charge < -0.3 is 11.1 Å². The fourth-order valence-corrected chi connectivity index (χ4v) is 1.66. The maximum absolute atomic E-state index is 6.03. The van der Waals surface area contributed by atoms with E-state index in [0.29, 0.717) is 16.8 Å². The summed E-state index contributed by atoms with van der Waals surface area (Å²) < 4.78 is 0. The molecular formula is C11H17ClN2. The Labute approximate surface area is 90.4 Å². The third-order valence-electron chi connectivity index (χ3n) is 2.12. The minimum atomic E-state index is 0.445. The van der Waals surface area contributed by atoms with Crippen LogP contribution in [0, 0.1) is 0 Å². The first-order valence-corrected chi connectivity index (χ1v) is 5.33. The molecule has 0 amide bonds. The van der Waals surface area contributed by atoms with Crippen LogP contribution in [0.1, 0.15) is 26.7 Å². The quantitative estimate of drug-likeness (QED) is 0.750. The Kier molecular flexibility index (Phi) is 4.08. The average Bonchev–Trinajstić information content (AvgIpc) is 2.10. The summed E-state index contributed by atoms with van der Waals surface area (Å²) >= 11 is 6.03. The molecule has 1 aromatic carbocycles. The highest BCUT2D eigenvalue weighted by Crippen LogP contribution is 2.25. The molecule has 0 bridgehead atoms. The molecule has 1 atom stereocenters. The number of benzene rings is 1. The third-order valence-corrected chi connectivity index (χ3v) is 2.43. The lowest BCUT2D eigenvalue weighted by atomic mass is 10.2. The van der Waals surface area contributed by atoms with E-state index < -0.39 is 0 Å². The Balaban J connectivity index is 2.67. The largest absolute Gasteiger partial charge is 0.399 e. The molecule has 0 fully saturated rings. The molecule has 2 nitrogen and oxygen atoms in total. The number of nitrogens with one attached hydrogen (secondary N) is 1. The molecule has 0 spiro atoms. The molecule has 1 aromatic rings. The maximum Gasteiger partial charge on any atom is 0.0658 e. The summed E-state index contributed by atoms with van der Waals surface area (Å²) in [6, 6.07) is 5.99. The molecule has 0 aliphatic heterocycles. The van der Waals surface area contributed by atoms with Gasteiger partial charge in [-0.2, -0.15) is 0 Å². The number of nitrogen functional groups attached to an aromatic ring is 1. The minimum absolute atomic E-state index is 0.445. The Bertz CT molecular complexity index is 299. The first-order chi connectivity index (χ1) is 6.63. The fraction of sp³-hybridized carbons (Fsp3) is 0.455. The zero-order chi connectivity index (χ0) is 10.6. The summed E-state index contributed by atoms with van der Waals surface area (Å²) in [7, 11) is 0. The second-order valence-electron chi connectivity index (χ2n) is 3.57. The van der Waals surface area contributed by atoms with Gasteiger partial charge in [-0.05, 0) is 31.5 Å². The van der Waals surface area contributed by atoms with Crippen LogP contribution in [-0.2, 0) is 0 Å². The highest BCUT2D eigenvalue weighted by atomic mass is 35.5. The van der Waals surface area contributed by atoms with Crippen molar-refractivity contribution >= 4 is 23.0 Å². The molecule has 3 N–H and O–H groups in total. The zero-order valence-corrected chi connectivity index (χ0v) is 9.43. The molecule has 1 rings (SSSR count). The van der Waals surface area contributed by atoms with Crippen LogP contribution in [0.15, 0.2) is 18.2 Å². The molecule has 3 heteroatoms. The van der Waals surface area contributed by atoms with Crippen molar-refractivity contribution in [3.63, 3.8) is 0 Å². The summed E-state index contributed by atoms with van der Waals surface area (Å²) in [6.07, 6.45) is 2.31. The van der Waals surface area contributed by atoms with E-state index in [1.807, 2.05) is 12.1 Å². The molecule has 0 aliphatic carbocycles. The van der Waals surface area contributed by atoms with E-state index in [1.165, 1.54) is 6.42 Å². The predicted molar refractivity (Wildman–Crippen MR) is 63.9 cm³/mol. The lowest BCUT2D eigenvalue weighted by molar-refractivity contribution is 0.690. The molecule has 0 aliphatic rings. The normalized spacial score (nSPS) is 12.5. The smallest absolute Gasteiger partial charge is 0.0658 e. The Hall–Kier alpha value is -0.890. The number of rotatable bonds is 4. The van der Waals surface area contributed by atoms with Crippen LogP contribution in [0.25, 0.3) is 0 Å². The van der Waals surface area contributed by atoms with Crippen molar-refractivity contribution in [3.05, 3.63) is 23.2 Å². The van der Waals surface area contributed by atoms with Gasteiger partial charge >= 0.3 is 0 Å². The van der Waals surface area contributed by atoms with E-state index in [2.05, 4.69) is 19.2 Å². The Morgan fingerprint density at radius 1 is 1.50 bits per heavy atom. The topological polar surface area (TPSA) is 38.0 Å². The first-order valence-electron chi connectivity index (χ1n) is 4.95. The van der Waals surface area contributed by atoms with Crippen molar-refractivity contribution in [1.82, 2.24) is 0 Å². The van der Waals surface area contributed by atoms with Gasteiger partial charge in [0.05, 0.1) is 10.7 Å². The van der Waals surface area contributed by atoms with Gasteiger partial charge in [-0.3, -0.25) is 0 Å². The van der Waals surface area contributed by atoms with Gasteiger partial charge in [0.2, 0.25) is 0 Å². The molecule has 0 aromatic heterocycles. The zero-order valence-electron chi connectivity index (χ0n) is 8.68. The molecule has 0 heterocycles. The Morgan fingerprint density at radius 3 is 2.79 bits per heavy atom. The Morgan fingerprint density at radius 2 is 2.21 bits per heavy atom. The predicted octanol–water partition coefficient (Wildman–Crippen LogP) is 3.52. The minimum Gasteiger partial charge on any atom is -0.399 e. The summed E-state index contributed by atoms with van der Waals surface area (Å²) in [5, 5.41) is 4.04. The number of hydrogen-bond donors (Lipinski definition) is 2. The fourth-order valence-electron chi connectivity index (χ4n) is 1.42. The van der Waals surface area contributed by atoms with Crippen molar-refractivity contribution < 1.29 is 0 Å². The molecule has 1 unspecified atom stereocenters. The molecule has 14 heavy (non-hydrogen) atoms. The highest BCUT2D eigenvalue weighted by Gasteiger charge is 2.04. The average molecular weight is 213 g/mol. The summed E-state index contributed by atoms with van der Waals surface area (Å²) in [5.74, 6) is 0. The van der Waals surface area contributed by atoms with Gasteiger partial charge in [-0.25, -0.2) is 0 Å². The second-order valence-corrected chi connectivity index (χ2v) is 3.98. The van der Waals surface area contributed by atoms with E-state index in [-0.39, 0.29) is 0 Å². The van der Waals surface area contributed by atoms with Crippen LogP contribution in [-0.4, -0.2) is 6.04 Å². The lowest BCUT2D eigenvalue weighted by Crippen LogP contribution is -2.14. The molecular weight excluding hydrogens is 196 g/mol. The number of nitrogens with two attached hydrogens (primary N) is 1. The van der Waals surface area contributed by atoms with Gasteiger partial charge in [-0.15, -0.1) is 0 Å². The maximum atomic E-state index is 6.03. The first kappa shape index (κ1) is 11.2. The van der Waals surface area contributed by atoms with Crippen molar-refractivity contribution in [3.8, 4) is 0 Å². The standard InChI is InChI=1S/C11H17ClN2/c1-3-4-8(2)14-11-6-5-9(13)7-10(11)12/h5-8,14H,3-4,13H2,1-2H3. The van der Waals surface area contributed by atoms with Crippen molar-refractivity contribution in [2.75, 3.05) is 11.1 Å². The molecule has 0 saturated carbocycles. The third kappa shape index (κ3) is 3.11. The van der Waals surface area contributed by atoms with Gasteiger partial charge in [0.15, 0.2) is 0 Å². The monoisotopic (exact) mass is 212 g/mol. The van der Waals surface area contributed by atoms with E-state index in [9.17, 15) is 0 Å². The summed E-state index contributed by atoms with van der Waals surface area (Å²) in [4.78, 5) is 0. The number of hydrogen-bond acceptors (Lipinski definition) is 2. The van der Waals surface area contributed by atoms with Crippen molar-refractivity contribution in [1.29, 1.82) is 0 Å². The van der Waals surface area contributed by atoms with Gasteiger partial charge in [0.25, 0.3) is 0 Å². The van der Waals surface area contributed by atoms with Crippen LogP contribution in [0.2, 0.25) is 5.02 Å².